The molecular weight excluding hydrogens is 361 g/mol. The number of benzene rings is 2. The number of anilines is 2. The Bertz CT molecular complexity index is 1020. The van der Waals surface area contributed by atoms with Gasteiger partial charge in [0.25, 0.3) is 0 Å². The normalized spacial score (nSPS) is 15.4. The lowest BCUT2D eigenvalue weighted by Crippen LogP contribution is -2.26. The third-order valence-electron chi connectivity index (χ3n) is 4.68. The van der Waals surface area contributed by atoms with E-state index in [1.165, 1.54) is 23.9 Å². The van der Waals surface area contributed by atoms with Crippen LogP contribution >= 0.6 is 0 Å². The number of carboxylic acids is 1. The van der Waals surface area contributed by atoms with Gasteiger partial charge in [-0.1, -0.05) is 30.3 Å². The standard InChI is InChI=1S/C21H18FN3O3/c1-13-10-15-4-2-3-5-18(15)25(13)21-23-11-17(20(26)27)19(24-21)28-12-14-6-8-16(22)9-7-14/h2-9,11,13H,10,12H2,1H3,(H,26,27). The molecule has 0 spiro atoms. The number of halogens is 1. The average Bonchev–Trinajstić information content (AvgIpc) is 3.03. The lowest BCUT2D eigenvalue weighted by Gasteiger charge is -2.23. The molecule has 1 atom stereocenters. The van der Waals surface area contributed by atoms with E-state index in [1.807, 2.05) is 23.1 Å². The maximum atomic E-state index is 13.1. The van der Waals surface area contributed by atoms with Gasteiger partial charge in [-0.3, -0.25) is 0 Å². The number of nitrogens with zero attached hydrogens (tertiary/aromatic N) is 3. The van der Waals surface area contributed by atoms with Gasteiger partial charge in [0.15, 0.2) is 0 Å². The molecule has 0 saturated heterocycles. The zero-order valence-electron chi connectivity index (χ0n) is 15.2. The minimum Gasteiger partial charge on any atom is -0.477 e. The molecule has 0 bridgehead atoms. The van der Waals surface area contributed by atoms with Crippen LogP contribution < -0.4 is 9.64 Å². The zero-order valence-corrected chi connectivity index (χ0v) is 15.2. The molecule has 28 heavy (non-hydrogen) atoms. The summed E-state index contributed by atoms with van der Waals surface area (Å²) in [6.45, 7) is 2.14. The molecule has 0 saturated carbocycles. The monoisotopic (exact) mass is 379 g/mol. The third-order valence-corrected chi connectivity index (χ3v) is 4.68. The van der Waals surface area contributed by atoms with E-state index in [9.17, 15) is 14.3 Å². The van der Waals surface area contributed by atoms with E-state index in [-0.39, 0.29) is 29.9 Å². The first kappa shape index (κ1) is 17.9. The Labute approximate surface area is 161 Å². The third kappa shape index (κ3) is 3.38. The highest BCUT2D eigenvalue weighted by Gasteiger charge is 2.29. The van der Waals surface area contributed by atoms with Gasteiger partial charge in [0.05, 0.1) is 6.20 Å². The van der Waals surface area contributed by atoms with Crippen LogP contribution in [-0.4, -0.2) is 27.1 Å². The number of aromatic carboxylic acids is 1. The lowest BCUT2D eigenvalue weighted by atomic mass is 10.1. The van der Waals surface area contributed by atoms with E-state index in [1.54, 1.807) is 12.1 Å². The van der Waals surface area contributed by atoms with Gasteiger partial charge in [-0.2, -0.15) is 4.98 Å². The van der Waals surface area contributed by atoms with E-state index in [2.05, 4.69) is 23.0 Å². The first-order valence-electron chi connectivity index (χ1n) is 8.87. The minimum absolute atomic E-state index is 0.0154. The lowest BCUT2D eigenvalue weighted by molar-refractivity contribution is 0.0690. The molecule has 142 valence electrons. The van der Waals surface area contributed by atoms with Gasteiger partial charge in [-0.25, -0.2) is 14.2 Å². The molecule has 6 nitrogen and oxygen atoms in total. The number of fused-ring (bicyclic) bond motifs is 1. The summed E-state index contributed by atoms with van der Waals surface area (Å²) in [5.74, 6) is -1.15. The van der Waals surface area contributed by atoms with Crippen molar-refractivity contribution in [2.75, 3.05) is 4.90 Å². The Hall–Kier alpha value is -3.48. The first-order chi connectivity index (χ1) is 13.5. The van der Waals surface area contributed by atoms with E-state index in [4.69, 9.17) is 4.74 Å². The average molecular weight is 379 g/mol. The van der Waals surface area contributed by atoms with Crippen LogP contribution in [0.2, 0.25) is 0 Å². The predicted octanol–water partition coefficient (Wildman–Crippen LogP) is 3.98. The van der Waals surface area contributed by atoms with Crippen molar-refractivity contribution in [3.63, 3.8) is 0 Å². The van der Waals surface area contributed by atoms with Gasteiger partial charge in [0, 0.05) is 11.7 Å². The summed E-state index contributed by atoms with van der Waals surface area (Å²) in [5, 5.41) is 9.44. The highest BCUT2D eigenvalue weighted by molar-refractivity contribution is 5.90. The summed E-state index contributed by atoms with van der Waals surface area (Å²) in [5.41, 5.74) is 2.78. The Balaban J connectivity index is 1.66. The molecule has 0 fully saturated rings. The molecule has 1 aromatic heterocycles. The summed E-state index contributed by atoms with van der Waals surface area (Å²) >= 11 is 0. The molecule has 3 aromatic rings. The quantitative estimate of drug-likeness (QED) is 0.723. The number of rotatable bonds is 5. The summed E-state index contributed by atoms with van der Waals surface area (Å²) in [7, 11) is 0. The van der Waals surface area contributed by atoms with Crippen molar-refractivity contribution in [3.8, 4) is 5.88 Å². The molecule has 0 radical (unpaired) electrons. The zero-order chi connectivity index (χ0) is 19.7. The topological polar surface area (TPSA) is 75.6 Å². The largest absolute Gasteiger partial charge is 0.477 e. The summed E-state index contributed by atoms with van der Waals surface area (Å²) in [4.78, 5) is 22.2. The van der Waals surface area contributed by atoms with Crippen molar-refractivity contribution in [1.82, 2.24) is 9.97 Å². The van der Waals surface area contributed by atoms with Gasteiger partial charge >= 0.3 is 5.97 Å². The number of carboxylic acid groups (broad SMARTS) is 1. The van der Waals surface area contributed by atoms with Crippen molar-refractivity contribution >= 4 is 17.6 Å². The second-order valence-electron chi connectivity index (χ2n) is 6.66. The number of hydrogen-bond acceptors (Lipinski definition) is 5. The number of para-hydroxylation sites is 1. The van der Waals surface area contributed by atoms with Crippen molar-refractivity contribution in [2.24, 2.45) is 0 Å². The van der Waals surface area contributed by atoms with Crippen LogP contribution in [0.5, 0.6) is 5.88 Å². The highest BCUT2D eigenvalue weighted by atomic mass is 19.1. The maximum Gasteiger partial charge on any atom is 0.342 e. The molecule has 2 aromatic carbocycles. The predicted molar refractivity (Wildman–Crippen MR) is 101 cm³/mol. The molecule has 4 rings (SSSR count). The van der Waals surface area contributed by atoms with E-state index < -0.39 is 5.97 Å². The van der Waals surface area contributed by atoms with Crippen LogP contribution in [0.25, 0.3) is 0 Å². The van der Waals surface area contributed by atoms with Crippen LogP contribution in [0, 0.1) is 5.82 Å². The highest BCUT2D eigenvalue weighted by Crippen LogP contribution is 2.37. The van der Waals surface area contributed by atoms with E-state index >= 15 is 0 Å². The van der Waals surface area contributed by atoms with Crippen molar-refractivity contribution in [2.45, 2.75) is 26.0 Å². The summed E-state index contributed by atoms with van der Waals surface area (Å²) < 4.78 is 18.7. The van der Waals surface area contributed by atoms with Crippen LogP contribution in [0.4, 0.5) is 16.0 Å². The second kappa shape index (κ2) is 7.26. The molecule has 2 heterocycles. The van der Waals surface area contributed by atoms with Crippen LogP contribution in [0.3, 0.4) is 0 Å². The van der Waals surface area contributed by atoms with E-state index in [0.717, 1.165) is 12.1 Å². The molecule has 0 aliphatic carbocycles. The van der Waals surface area contributed by atoms with Crippen LogP contribution in [0.1, 0.15) is 28.4 Å². The number of aromatic nitrogens is 2. The van der Waals surface area contributed by atoms with Crippen molar-refractivity contribution in [1.29, 1.82) is 0 Å². The van der Waals surface area contributed by atoms with Crippen molar-refractivity contribution in [3.05, 3.63) is 77.2 Å². The van der Waals surface area contributed by atoms with Gasteiger partial charge in [0.2, 0.25) is 11.8 Å². The van der Waals surface area contributed by atoms with Crippen molar-refractivity contribution < 1.29 is 19.0 Å². The first-order valence-corrected chi connectivity index (χ1v) is 8.87. The Kier molecular flexibility index (Phi) is 4.65. The van der Waals surface area contributed by atoms with Crippen LogP contribution in [0.15, 0.2) is 54.7 Å². The summed E-state index contributed by atoms with van der Waals surface area (Å²) in [6.07, 6.45) is 2.12. The number of hydrogen-bond donors (Lipinski definition) is 1. The molecule has 7 heteroatoms. The molecule has 1 unspecified atom stereocenters. The molecule has 1 N–H and O–H groups in total. The molecular formula is C21H18FN3O3. The van der Waals surface area contributed by atoms with Gasteiger partial charge in [0.1, 0.15) is 18.0 Å². The SMILES string of the molecule is CC1Cc2ccccc2N1c1ncc(C(=O)O)c(OCc2ccc(F)cc2)n1. The number of carbonyl (C=O) groups is 1. The maximum absolute atomic E-state index is 13.1. The fourth-order valence-corrected chi connectivity index (χ4v) is 3.33. The minimum atomic E-state index is -1.17. The Morgan fingerprint density at radius 3 is 2.75 bits per heavy atom. The van der Waals surface area contributed by atoms with Gasteiger partial charge in [-0.15, -0.1) is 0 Å². The Morgan fingerprint density at radius 2 is 2.00 bits per heavy atom. The number of ether oxygens (including phenoxy) is 1. The molecule has 1 aliphatic heterocycles. The smallest absolute Gasteiger partial charge is 0.342 e. The fourth-order valence-electron chi connectivity index (χ4n) is 3.33. The second-order valence-corrected chi connectivity index (χ2v) is 6.66. The van der Waals surface area contributed by atoms with Gasteiger partial charge < -0.3 is 14.7 Å². The molecule has 0 amide bonds. The van der Waals surface area contributed by atoms with E-state index in [0.29, 0.717) is 11.5 Å². The summed E-state index contributed by atoms with van der Waals surface area (Å²) in [6, 6.07) is 13.9. The fraction of sp³-hybridized carbons (Fsp3) is 0.190. The molecule has 1 aliphatic rings. The van der Waals surface area contributed by atoms with Crippen LogP contribution in [-0.2, 0) is 13.0 Å². The Morgan fingerprint density at radius 1 is 1.25 bits per heavy atom. The van der Waals surface area contributed by atoms with Gasteiger partial charge in [-0.05, 0) is 42.7 Å².